The molecule has 6 nitrogen and oxygen atoms in total. The topological polar surface area (TPSA) is 84.5 Å². The lowest BCUT2D eigenvalue weighted by Gasteiger charge is -2.14. The zero-order valence-corrected chi connectivity index (χ0v) is 14.6. The average Bonchev–Trinajstić information content (AvgIpc) is 2.58. The number of amides is 2. The van der Waals surface area contributed by atoms with Crippen LogP contribution in [0.5, 0.6) is 0 Å². The second kappa shape index (κ2) is 8.24. The highest BCUT2D eigenvalue weighted by Crippen LogP contribution is 2.15. The van der Waals surface area contributed by atoms with Crippen LogP contribution < -0.4 is 10.6 Å². The number of ether oxygens (including phenoxy) is 1. The minimum atomic E-state index is -1.07. The molecule has 0 saturated heterocycles. The number of halogens is 1. The summed E-state index contributed by atoms with van der Waals surface area (Å²) in [7, 11) is 0. The van der Waals surface area contributed by atoms with E-state index in [4.69, 9.17) is 4.74 Å². The molecule has 2 amide bonds. The van der Waals surface area contributed by atoms with E-state index in [9.17, 15) is 18.8 Å². The maximum absolute atomic E-state index is 13.5. The van der Waals surface area contributed by atoms with Gasteiger partial charge in [-0.1, -0.05) is 6.07 Å². The molecule has 0 aliphatic heterocycles. The molecule has 0 heterocycles. The first-order chi connectivity index (χ1) is 12.3. The lowest BCUT2D eigenvalue weighted by molar-refractivity contribution is -0.123. The Bertz CT molecular complexity index is 834. The van der Waals surface area contributed by atoms with Crippen LogP contribution in [0.2, 0.25) is 0 Å². The third-order valence-corrected chi connectivity index (χ3v) is 3.53. The van der Waals surface area contributed by atoms with Crippen molar-refractivity contribution in [3.63, 3.8) is 0 Å². The number of carbonyl (C=O) groups excluding carboxylic acids is 3. The normalized spacial score (nSPS) is 11.4. The van der Waals surface area contributed by atoms with Crippen molar-refractivity contribution in [2.24, 2.45) is 0 Å². The molecule has 136 valence electrons. The lowest BCUT2D eigenvalue weighted by Crippen LogP contribution is -2.30. The van der Waals surface area contributed by atoms with E-state index in [2.05, 4.69) is 10.6 Å². The monoisotopic (exact) mass is 358 g/mol. The highest BCUT2D eigenvalue weighted by molar-refractivity contribution is 5.97. The summed E-state index contributed by atoms with van der Waals surface area (Å²) in [6.07, 6.45) is -1.07. The largest absolute Gasteiger partial charge is 0.449 e. The number of benzene rings is 2. The van der Waals surface area contributed by atoms with E-state index in [1.165, 1.54) is 26.0 Å². The van der Waals surface area contributed by atoms with Gasteiger partial charge in [-0.05, 0) is 55.8 Å². The first-order valence-corrected chi connectivity index (χ1v) is 7.92. The van der Waals surface area contributed by atoms with Gasteiger partial charge in [-0.15, -0.1) is 0 Å². The van der Waals surface area contributed by atoms with Gasteiger partial charge in [0, 0.05) is 18.3 Å². The number of aryl methyl sites for hydroxylation is 1. The van der Waals surface area contributed by atoms with Crippen LogP contribution in [0.4, 0.5) is 15.8 Å². The van der Waals surface area contributed by atoms with Crippen molar-refractivity contribution in [2.75, 3.05) is 10.6 Å². The van der Waals surface area contributed by atoms with E-state index in [0.717, 1.165) is 6.07 Å². The van der Waals surface area contributed by atoms with Gasteiger partial charge in [0.1, 0.15) is 5.82 Å². The molecule has 0 spiro atoms. The first-order valence-electron chi connectivity index (χ1n) is 7.92. The van der Waals surface area contributed by atoms with Crippen molar-refractivity contribution < 1.29 is 23.5 Å². The molecule has 7 heteroatoms. The first kappa shape index (κ1) is 19.1. The second-order valence-electron chi connectivity index (χ2n) is 5.76. The Balaban J connectivity index is 1.95. The zero-order valence-electron chi connectivity index (χ0n) is 14.6. The van der Waals surface area contributed by atoms with Crippen molar-refractivity contribution in [1.82, 2.24) is 0 Å². The number of hydrogen-bond donors (Lipinski definition) is 2. The fourth-order valence-electron chi connectivity index (χ4n) is 2.09. The molecule has 1 atom stereocenters. The smallest absolute Gasteiger partial charge is 0.339 e. The van der Waals surface area contributed by atoms with E-state index >= 15 is 0 Å². The van der Waals surface area contributed by atoms with Gasteiger partial charge >= 0.3 is 5.97 Å². The molecule has 0 aliphatic carbocycles. The maximum atomic E-state index is 13.5. The highest BCUT2D eigenvalue weighted by atomic mass is 19.1. The number of rotatable bonds is 5. The molecule has 0 fully saturated rings. The zero-order chi connectivity index (χ0) is 19.3. The Kier molecular flexibility index (Phi) is 6.06. The molecule has 2 aromatic carbocycles. The molecule has 0 aromatic heterocycles. The van der Waals surface area contributed by atoms with Crippen molar-refractivity contribution >= 4 is 29.2 Å². The van der Waals surface area contributed by atoms with Gasteiger partial charge < -0.3 is 15.4 Å². The Morgan fingerprint density at radius 2 is 1.58 bits per heavy atom. The molecule has 0 radical (unpaired) electrons. The Morgan fingerprint density at radius 1 is 1.00 bits per heavy atom. The fraction of sp³-hybridized carbons (Fsp3) is 0.211. The molecule has 0 saturated carbocycles. The predicted molar refractivity (Wildman–Crippen MR) is 95.4 cm³/mol. The molecular formula is C19H19FN2O4. The van der Waals surface area contributed by atoms with Crippen LogP contribution in [-0.4, -0.2) is 23.9 Å². The van der Waals surface area contributed by atoms with Crippen molar-refractivity contribution in [3.05, 3.63) is 59.4 Å². The van der Waals surface area contributed by atoms with Crippen molar-refractivity contribution in [2.45, 2.75) is 26.9 Å². The summed E-state index contributed by atoms with van der Waals surface area (Å²) >= 11 is 0. The summed E-state index contributed by atoms with van der Waals surface area (Å²) < 4.78 is 18.6. The highest BCUT2D eigenvalue weighted by Gasteiger charge is 2.19. The van der Waals surface area contributed by atoms with E-state index in [1.807, 2.05) is 0 Å². The van der Waals surface area contributed by atoms with Gasteiger partial charge in [-0.25, -0.2) is 9.18 Å². The van der Waals surface area contributed by atoms with Crippen LogP contribution in [0.3, 0.4) is 0 Å². The predicted octanol–water partition coefficient (Wildman–Crippen LogP) is 3.28. The van der Waals surface area contributed by atoms with Crippen molar-refractivity contribution in [1.29, 1.82) is 0 Å². The van der Waals surface area contributed by atoms with Crippen LogP contribution in [0.1, 0.15) is 29.8 Å². The summed E-state index contributed by atoms with van der Waals surface area (Å²) in [6, 6.07) is 10.4. The van der Waals surface area contributed by atoms with E-state index in [1.54, 1.807) is 31.2 Å². The molecule has 26 heavy (non-hydrogen) atoms. The summed E-state index contributed by atoms with van der Waals surface area (Å²) in [6.45, 7) is 4.40. The fourth-order valence-corrected chi connectivity index (χ4v) is 2.09. The Morgan fingerprint density at radius 3 is 2.12 bits per heavy atom. The van der Waals surface area contributed by atoms with Crippen LogP contribution >= 0.6 is 0 Å². The Hall–Kier alpha value is -3.22. The van der Waals surface area contributed by atoms with Gasteiger partial charge in [0.15, 0.2) is 6.10 Å². The SMILES string of the molecule is CC(=O)Nc1ccc(NC(=O)[C@@H](C)OC(=O)c2ccc(C)c(F)c2)cc1. The molecule has 0 bridgehead atoms. The third kappa shape index (κ3) is 5.14. The summed E-state index contributed by atoms with van der Waals surface area (Å²) in [4.78, 5) is 35.1. The van der Waals surface area contributed by atoms with Gasteiger partial charge in [0.2, 0.25) is 5.91 Å². The molecule has 0 aliphatic rings. The van der Waals surface area contributed by atoms with E-state index in [0.29, 0.717) is 16.9 Å². The van der Waals surface area contributed by atoms with Gasteiger partial charge in [-0.2, -0.15) is 0 Å². The van der Waals surface area contributed by atoms with Gasteiger partial charge in [-0.3, -0.25) is 9.59 Å². The van der Waals surface area contributed by atoms with E-state index < -0.39 is 23.8 Å². The van der Waals surface area contributed by atoms with E-state index in [-0.39, 0.29) is 11.5 Å². The average molecular weight is 358 g/mol. The number of nitrogens with one attached hydrogen (secondary N) is 2. The minimum Gasteiger partial charge on any atom is -0.449 e. The summed E-state index contributed by atoms with van der Waals surface area (Å²) in [5, 5.41) is 5.21. The summed E-state index contributed by atoms with van der Waals surface area (Å²) in [5.41, 5.74) is 1.52. The van der Waals surface area contributed by atoms with Crippen LogP contribution in [0, 0.1) is 12.7 Å². The number of carbonyl (C=O) groups is 3. The molecule has 2 N–H and O–H groups in total. The van der Waals surface area contributed by atoms with Crippen LogP contribution in [0.25, 0.3) is 0 Å². The second-order valence-corrected chi connectivity index (χ2v) is 5.76. The molecule has 2 rings (SSSR count). The number of hydrogen-bond acceptors (Lipinski definition) is 4. The van der Waals surface area contributed by atoms with Crippen LogP contribution in [-0.2, 0) is 14.3 Å². The maximum Gasteiger partial charge on any atom is 0.339 e. The minimum absolute atomic E-state index is 0.0346. The molecular weight excluding hydrogens is 339 g/mol. The van der Waals surface area contributed by atoms with Gasteiger partial charge in [0.25, 0.3) is 5.91 Å². The number of esters is 1. The molecule has 0 unspecified atom stereocenters. The summed E-state index contributed by atoms with van der Waals surface area (Å²) in [5.74, 6) is -2.03. The third-order valence-electron chi connectivity index (χ3n) is 3.53. The Labute approximate surface area is 150 Å². The van der Waals surface area contributed by atoms with Crippen molar-refractivity contribution in [3.8, 4) is 0 Å². The van der Waals surface area contributed by atoms with Gasteiger partial charge in [0.05, 0.1) is 5.56 Å². The molecule has 2 aromatic rings. The lowest BCUT2D eigenvalue weighted by atomic mass is 10.1. The number of anilines is 2. The quantitative estimate of drug-likeness (QED) is 0.804. The van der Waals surface area contributed by atoms with Crippen LogP contribution in [0.15, 0.2) is 42.5 Å². The standard InChI is InChI=1S/C19H19FN2O4/c1-11-4-5-14(10-17(11)20)19(25)26-12(2)18(24)22-16-8-6-15(7-9-16)21-13(3)23/h4-10,12H,1-3H3,(H,21,23)(H,22,24)/t12-/m1/s1.